The van der Waals surface area contributed by atoms with Crippen molar-refractivity contribution in [1.29, 1.82) is 0 Å². The van der Waals surface area contributed by atoms with Gasteiger partial charge in [0, 0.05) is 18.8 Å². The largest absolute Gasteiger partial charge is 0.378 e. The Morgan fingerprint density at radius 1 is 1.36 bits per heavy atom. The fourth-order valence-electron chi connectivity index (χ4n) is 1.76. The van der Waals surface area contributed by atoms with Gasteiger partial charge in [0.15, 0.2) is 0 Å². The van der Waals surface area contributed by atoms with Crippen LogP contribution >= 0.6 is 9.39 Å². The van der Waals surface area contributed by atoms with Gasteiger partial charge in [0.1, 0.15) is 0 Å². The van der Waals surface area contributed by atoms with Crippen LogP contribution in [0.3, 0.4) is 0 Å². The van der Waals surface area contributed by atoms with Gasteiger partial charge in [0.25, 0.3) is 0 Å². The highest BCUT2D eigenvalue weighted by Crippen LogP contribution is 2.13. The normalized spacial score (nSPS) is 28.8. The molecule has 0 saturated carbocycles. The molecule has 2 unspecified atom stereocenters. The van der Waals surface area contributed by atoms with Gasteiger partial charge in [-0.1, -0.05) is 9.39 Å². The molecule has 1 saturated heterocycles. The molecule has 0 aromatic rings. The van der Waals surface area contributed by atoms with E-state index in [4.69, 9.17) is 9.47 Å². The van der Waals surface area contributed by atoms with Gasteiger partial charge >= 0.3 is 0 Å². The van der Waals surface area contributed by atoms with Crippen molar-refractivity contribution in [3.63, 3.8) is 0 Å². The Hall–Kier alpha value is -0.150. The van der Waals surface area contributed by atoms with Crippen molar-refractivity contribution in [3.8, 4) is 0 Å². The van der Waals surface area contributed by atoms with E-state index >= 15 is 0 Å². The number of nitrogens with zero attached hydrogens (tertiary/aromatic N) is 1. The van der Waals surface area contributed by atoms with Gasteiger partial charge in [-0.05, 0) is 6.08 Å². The molecular weight excluding hydrogens is 199 g/mol. The van der Waals surface area contributed by atoms with Gasteiger partial charge in [-0.2, -0.15) is 0 Å². The summed E-state index contributed by atoms with van der Waals surface area (Å²) in [4.78, 5) is 2.34. The Labute approximate surface area is 86.9 Å². The van der Waals surface area contributed by atoms with Crippen LogP contribution in [0.15, 0.2) is 11.8 Å². The fourth-order valence-corrected chi connectivity index (χ4v) is 1.95. The number of ether oxygens (including phenoxy) is 2. The molecule has 2 aliphatic rings. The van der Waals surface area contributed by atoms with E-state index < -0.39 is 0 Å². The topological polar surface area (TPSA) is 33.7 Å². The summed E-state index contributed by atoms with van der Waals surface area (Å²) in [5.41, 5.74) is 1.29. The van der Waals surface area contributed by atoms with Crippen LogP contribution in [-0.4, -0.2) is 50.5 Å². The van der Waals surface area contributed by atoms with Crippen LogP contribution in [0.25, 0.3) is 0 Å². The summed E-state index contributed by atoms with van der Waals surface area (Å²) in [6.07, 6.45) is 2.25. The van der Waals surface area contributed by atoms with E-state index in [1.54, 1.807) is 0 Å². The Morgan fingerprint density at radius 2 is 2.14 bits per heavy atom. The Balaban J connectivity index is 1.97. The fraction of sp³-hybridized carbons (Fsp3) is 0.778. The van der Waals surface area contributed by atoms with Crippen molar-refractivity contribution in [3.05, 3.63) is 11.8 Å². The van der Waals surface area contributed by atoms with Crippen molar-refractivity contribution in [2.45, 2.75) is 6.04 Å². The van der Waals surface area contributed by atoms with Crippen molar-refractivity contribution in [2.75, 3.05) is 39.5 Å². The molecule has 0 aromatic heterocycles. The second-order valence-electron chi connectivity index (χ2n) is 3.55. The molecular formula is C9H17N2O2P. The number of morpholine rings is 1. The van der Waals surface area contributed by atoms with Crippen molar-refractivity contribution >= 4 is 9.39 Å². The van der Waals surface area contributed by atoms with Crippen LogP contribution in [0.2, 0.25) is 0 Å². The smallest absolute Gasteiger partial charge is 0.0862 e. The Morgan fingerprint density at radius 3 is 2.86 bits per heavy atom. The number of hydrogen-bond acceptors (Lipinski definition) is 4. The van der Waals surface area contributed by atoms with E-state index in [1.165, 1.54) is 5.70 Å². The van der Waals surface area contributed by atoms with Crippen LogP contribution in [0.4, 0.5) is 0 Å². The van der Waals surface area contributed by atoms with Gasteiger partial charge in [-0.25, -0.2) is 0 Å². The Bertz CT molecular complexity index is 217. The highest BCUT2D eigenvalue weighted by molar-refractivity contribution is 7.13. The minimum Gasteiger partial charge on any atom is -0.378 e. The van der Waals surface area contributed by atoms with E-state index in [9.17, 15) is 0 Å². The zero-order valence-electron chi connectivity index (χ0n) is 8.24. The molecule has 14 heavy (non-hydrogen) atoms. The first kappa shape index (κ1) is 10.4. The zero-order chi connectivity index (χ0) is 9.80. The molecule has 0 amide bonds. The van der Waals surface area contributed by atoms with Gasteiger partial charge < -0.3 is 14.4 Å². The summed E-state index contributed by atoms with van der Waals surface area (Å²) in [5, 5.41) is 3.13. The van der Waals surface area contributed by atoms with Crippen LogP contribution < -0.4 is 5.09 Å². The van der Waals surface area contributed by atoms with Crippen molar-refractivity contribution < 1.29 is 9.47 Å². The maximum Gasteiger partial charge on any atom is 0.0862 e. The second-order valence-corrected chi connectivity index (χ2v) is 3.88. The lowest BCUT2D eigenvalue weighted by Crippen LogP contribution is -2.40. The average Bonchev–Trinajstić information content (AvgIpc) is 2.30. The SMILES string of the molecule is PNC1C=C(N2CCOCC2)COC1. The molecule has 0 aromatic carbocycles. The number of nitrogens with one attached hydrogen (secondary N) is 1. The second kappa shape index (κ2) is 5.08. The quantitative estimate of drug-likeness (QED) is 0.658. The van der Waals surface area contributed by atoms with E-state index in [0.29, 0.717) is 6.04 Å². The molecule has 5 heteroatoms. The molecule has 4 nitrogen and oxygen atoms in total. The monoisotopic (exact) mass is 216 g/mol. The molecule has 2 aliphatic heterocycles. The highest BCUT2D eigenvalue weighted by Gasteiger charge is 2.18. The molecule has 80 valence electrons. The van der Waals surface area contributed by atoms with Gasteiger partial charge in [-0.15, -0.1) is 0 Å². The minimum atomic E-state index is 0.326. The lowest BCUT2D eigenvalue weighted by molar-refractivity contribution is 0.0359. The third-order valence-corrected chi connectivity index (χ3v) is 3.00. The number of rotatable bonds is 2. The molecule has 2 heterocycles. The van der Waals surface area contributed by atoms with E-state index in [1.807, 2.05) is 0 Å². The molecule has 1 N–H and O–H groups in total. The average molecular weight is 216 g/mol. The van der Waals surface area contributed by atoms with Crippen molar-refractivity contribution in [1.82, 2.24) is 9.99 Å². The summed E-state index contributed by atoms with van der Waals surface area (Å²) < 4.78 is 10.8. The van der Waals surface area contributed by atoms with Crippen LogP contribution in [0.1, 0.15) is 0 Å². The number of hydrogen-bond donors (Lipinski definition) is 1. The van der Waals surface area contributed by atoms with E-state index in [0.717, 1.165) is 39.5 Å². The standard InChI is InChI=1S/C9H17N2O2P/c14-10-8-5-9(7-13-6-8)11-1-3-12-4-2-11/h5,8,10H,1-4,6-7,14H2. The summed E-state index contributed by atoms with van der Waals surface area (Å²) >= 11 is 0. The zero-order valence-corrected chi connectivity index (χ0v) is 9.39. The molecule has 2 atom stereocenters. The van der Waals surface area contributed by atoms with Crippen LogP contribution in [0.5, 0.6) is 0 Å². The first-order chi connectivity index (χ1) is 6.90. The van der Waals surface area contributed by atoms with E-state index in [-0.39, 0.29) is 0 Å². The van der Waals surface area contributed by atoms with Gasteiger partial charge in [-0.3, -0.25) is 5.09 Å². The molecule has 0 bridgehead atoms. The summed E-state index contributed by atoms with van der Waals surface area (Å²) in [6.45, 7) is 5.13. The first-order valence-corrected chi connectivity index (χ1v) is 5.55. The van der Waals surface area contributed by atoms with Gasteiger partial charge in [0.05, 0.1) is 32.5 Å². The maximum atomic E-state index is 5.51. The lowest BCUT2D eigenvalue weighted by atomic mass is 10.2. The molecule has 2 rings (SSSR count). The van der Waals surface area contributed by atoms with Crippen molar-refractivity contribution in [2.24, 2.45) is 0 Å². The molecule has 0 aliphatic carbocycles. The summed E-state index contributed by atoms with van der Waals surface area (Å²) in [5.74, 6) is 0. The van der Waals surface area contributed by atoms with Crippen LogP contribution in [-0.2, 0) is 9.47 Å². The Kier molecular flexibility index (Phi) is 3.76. The third-order valence-electron chi connectivity index (χ3n) is 2.57. The van der Waals surface area contributed by atoms with Crippen LogP contribution in [0, 0.1) is 0 Å². The third kappa shape index (κ3) is 2.45. The summed E-state index contributed by atoms with van der Waals surface area (Å²) in [7, 11) is 2.53. The molecule has 0 radical (unpaired) electrons. The summed E-state index contributed by atoms with van der Waals surface area (Å²) in [6, 6.07) is 0.326. The van der Waals surface area contributed by atoms with E-state index in [2.05, 4.69) is 25.5 Å². The predicted molar refractivity (Wildman–Crippen MR) is 57.9 cm³/mol. The predicted octanol–water partition coefficient (Wildman–Crippen LogP) is -0.0190. The first-order valence-electron chi connectivity index (χ1n) is 4.97. The molecule has 0 spiro atoms. The highest BCUT2D eigenvalue weighted by atomic mass is 31.0. The minimum absolute atomic E-state index is 0.326. The van der Waals surface area contributed by atoms with Gasteiger partial charge in [0.2, 0.25) is 0 Å². The lowest BCUT2D eigenvalue weighted by Gasteiger charge is -2.34. The molecule has 1 fully saturated rings. The maximum absolute atomic E-state index is 5.51.